The van der Waals surface area contributed by atoms with Gasteiger partial charge in [-0.05, 0) is 67.5 Å². The number of nitrogens with zero attached hydrogens (tertiary/aromatic N) is 3. The number of hydrogen-bond donors (Lipinski definition) is 5. The van der Waals surface area contributed by atoms with E-state index in [9.17, 15) is 19.2 Å². The number of nitrogens with one attached hydrogen (secondary N) is 5. The summed E-state index contributed by atoms with van der Waals surface area (Å²) in [6, 6.07) is 12.9. The molecular formula is C40H52N8O6. The summed E-state index contributed by atoms with van der Waals surface area (Å²) in [5, 5.41) is 7.79. The smallest absolute Gasteiger partial charge is 0.407 e. The first-order valence-corrected chi connectivity index (χ1v) is 18.5. The number of likely N-dealkylation sites (tertiary alicyclic amines) is 1. The van der Waals surface area contributed by atoms with Crippen molar-refractivity contribution in [1.82, 2.24) is 40.8 Å². The summed E-state index contributed by atoms with van der Waals surface area (Å²) in [4.78, 5) is 66.0. The van der Waals surface area contributed by atoms with Crippen LogP contribution in [0.2, 0.25) is 0 Å². The molecular weight excluding hydrogens is 688 g/mol. The molecule has 2 aromatic heterocycles. The minimum atomic E-state index is -0.685. The number of aryl methyl sites for hydroxylation is 1. The Labute approximate surface area is 316 Å². The maximum atomic E-state index is 13.5. The number of unbranched alkanes of at least 4 members (excludes halogenated alkanes) is 1. The molecule has 4 aromatic rings. The number of carbonyl (C=O) groups excluding carboxylic acids is 4. The Hall–Kier alpha value is -5.84. The van der Waals surface area contributed by atoms with Crippen molar-refractivity contribution in [3.05, 3.63) is 71.4 Å². The van der Waals surface area contributed by atoms with E-state index in [1.807, 2.05) is 56.3 Å². The third-order valence-corrected chi connectivity index (χ3v) is 8.66. The zero-order chi connectivity index (χ0) is 39.0. The van der Waals surface area contributed by atoms with E-state index in [1.54, 1.807) is 11.1 Å². The number of amides is 4. The van der Waals surface area contributed by atoms with Gasteiger partial charge in [-0.15, -0.1) is 0 Å². The summed E-state index contributed by atoms with van der Waals surface area (Å²) < 4.78 is 9.18. The number of benzene rings is 2. The van der Waals surface area contributed by atoms with Gasteiger partial charge in [0.05, 0.1) is 49.7 Å². The van der Waals surface area contributed by atoms with Crippen molar-refractivity contribution in [2.24, 2.45) is 5.92 Å². The lowest BCUT2D eigenvalue weighted by molar-refractivity contribution is -0.135. The number of rotatable bonds is 12. The number of methoxy groups -OCH3 is 2. The van der Waals surface area contributed by atoms with Gasteiger partial charge >= 0.3 is 12.2 Å². The number of carbonyl (C=O) groups is 4. The minimum absolute atomic E-state index is 0.102. The number of fused-ring (bicyclic) bond motifs is 1. The fourth-order valence-corrected chi connectivity index (χ4v) is 5.91. The third-order valence-electron chi connectivity index (χ3n) is 8.66. The molecule has 2 unspecified atom stereocenters. The van der Waals surface area contributed by atoms with Crippen LogP contribution in [-0.2, 0) is 25.5 Å². The molecule has 1 fully saturated rings. The summed E-state index contributed by atoms with van der Waals surface area (Å²) in [5.74, 6) is 7.54. The Balaban J connectivity index is 0.00000209. The van der Waals surface area contributed by atoms with E-state index in [4.69, 9.17) is 4.74 Å². The van der Waals surface area contributed by atoms with Gasteiger partial charge in [-0.25, -0.2) is 19.6 Å². The summed E-state index contributed by atoms with van der Waals surface area (Å²) >= 11 is 0. The predicted molar refractivity (Wildman–Crippen MR) is 206 cm³/mol. The van der Waals surface area contributed by atoms with Gasteiger partial charge in [0.15, 0.2) is 0 Å². The van der Waals surface area contributed by atoms with E-state index in [1.165, 1.54) is 20.6 Å². The first-order valence-electron chi connectivity index (χ1n) is 18.5. The monoisotopic (exact) mass is 740 g/mol. The van der Waals surface area contributed by atoms with Gasteiger partial charge in [0.2, 0.25) is 11.8 Å². The minimum Gasteiger partial charge on any atom is -0.453 e. The van der Waals surface area contributed by atoms with Crippen molar-refractivity contribution in [3.63, 3.8) is 0 Å². The molecule has 3 heterocycles. The first kappa shape index (κ1) is 40.9. The van der Waals surface area contributed by atoms with Crippen LogP contribution in [-0.4, -0.2) is 88.7 Å². The SMILES string of the molecule is CCC.COC(=O)NCC(=O)NCCCCc1nc2ccc(C#Cc3ccc(-c4cnc(C5CCCN5C(=O)C(NC(=O)OC)C(C)C)[nH]4)cc3)cc2[nH]1. The molecule has 14 nitrogen and oxygen atoms in total. The van der Waals surface area contributed by atoms with E-state index in [-0.39, 0.29) is 30.3 Å². The maximum absolute atomic E-state index is 13.5. The highest BCUT2D eigenvalue weighted by Crippen LogP contribution is 2.32. The second-order valence-corrected chi connectivity index (χ2v) is 13.3. The van der Waals surface area contributed by atoms with Gasteiger partial charge in [-0.3, -0.25) is 9.59 Å². The molecule has 0 radical (unpaired) electrons. The Morgan fingerprint density at radius 2 is 1.65 bits per heavy atom. The zero-order valence-corrected chi connectivity index (χ0v) is 32.0. The number of alkyl carbamates (subject to hydrolysis) is 2. The van der Waals surface area contributed by atoms with Gasteiger partial charge in [0, 0.05) is 30.6 Å². The van der Waals surface area contributed by atoms with E-state index in [0.717, 1.165) is 71.3 Å². The van der Waals surface area contributed by atoms with Gasteiger partial charge in [0.1, 0.15) is 17.7 Å². The van der Waals surface area contributed by atoms with E-state index in [0.29, 0.717) is 18.9 Å². The second kappa shape index (κ2) is 20.4. The molecule has 54 heavy (non-hydrogen) atoms. The second-order valence-electron chi connectivity index (χ2n) is 13.3. The molecule has 1 aliphatic heterocycles. The molecule has 0 aliphatic carbocycles. The van der Waals surface area contributed by atoms with E-state index >= 15 is 0 Å². The lowest BCUT2D eigenvalue weighted by Crippen LogP contribution is -2.51. The molecule has 1 saturated heterocycles. The first-order chi connectivity index (χ1) is 26.1. The highest BCUT2D eigenvalue weighted by Gasteiger charge is 2.37. The number of hydrogen-bond acceptors (Lipinski definition) is 8. The van der Waals surface area contributed by atoms with E-state index in [2.05, 4.69) is 66.3 Å². The average Bonchev–Trinajstić information content (AvgIpc) is 3.95. The van der Waals surface area contributed by atoms with Crippen LogP contribution < -0.4 is 16.0 Å². The van der Waals surface area contributed by atoms with Crippen molar-refractivity contribution in [2.75, 3.05) is 33.9 Å². The molecule has 288 valence electrons. The van der Waals surface area contributed by atoms with Gasteiger partial charge in [-0.1, -0.05) is 58.1 Å². The fraction of sp³-hybridized carbons (Fsp3) is 0.450. The maximum Gasteiger partial charge on any atom is 0.407 e. The van der Waals surface area contributed by atoms with Crippen LogP contribution in [0.25, 0.3) is 22.3 Å². The number of aromatic amines is 2. The van der Waals surface area contributed by atoms with Crippen LogP contribution in [0.1, 0.15) is 88.6 Å². The Bertz CT molecular complexity index is 1920. The van der Waals surface area contributed by atoms with Crippen LogP contribution in [0.5, 0.6) is 0 Å². The van der Waals surface area contributed by atoms with Gasteiger partial charge in [-0.2, -0.15) is 0 Å². The Kier molecular flexibility index (Phi) is 15.5. The highest BCUT2D eigenvalue weighted by molar-refractivity contribution is 5.86. The van der Waals surface area contributed by atoms with Crippen LogP contribution in [0, 0.1) is 17.8 Å². The molecule has 4 amide bonds. The van der Waals surface area contributed by atoms with Crippen LogP contribution in [0.4, 0.5) is 9.59 Å². The largest absolute Gasteiger partial charge is 0.453 e. The quantitative estimate of drug-likeness (QED) is 0.0918. The van der Waals surface area contributed by atoms with Crippen molar-refractivity contribution in [3.8, 4) is 23.1 Å². The molecule has 2 aromatic carbocycles. The van der Waals surface area contributed by atoms with Gasteiger partial charge < -0.3 is 40.3 Å². The summed E-state index contributed by atoms with van der Waals surface area (Å²) in [5.41, 5.74) is 5.29. The molecule has 0 spiro atoms. The normalized spacial score (nSPS) is 14.0. The van der Waals surface area contributed by atoms with Crippen molar-refractivity contribution in [1.29, 1.82) is 0 Å². The predicted octanol–water partition coefficient (Wildman–Crippen LogP) is 5.61. The van der Waals surface area contributed by atoms with Crippen LogP contribution in [0.15, 0.2) is 48.7 Å². The number of imidazole rings is 2. The Morgan fingerprint density at radius 1 is 0.944 bits per heavy atom. The standard InChI is InChI=1S/C37H44N8O6.C3H8/c1-23(2)33(44-37(49)51-4)35(47)45-19-7-8-30(45)34-39-21-29(43-34)26-15-12-24(13-16-26)10-11-25-14-17-27-28(20-25)42-31(41-27)9-5-6-18-38-32(46)22-40-36(48)50-3;1-3-2/h12-17,20-21,23,30,33H,5-9,18-19,22H2,1-4H3,(H,38,46)(H,39,43)(H,40,48)(H,41,42)(H,44,49);3H2,1-2H3. The highest BCUT2D eigenvalue weighted by atomic mass is 16.5. The van der Waals surface area contributed by atoms with Crippen molar-refractivity contribution < 1.29 is 28.7 Å². The molecule has 0 saturated carbocycles. The van der Waals surface area contributed by atoms with Crippen molar-refractivity contribution >= 4 is 35.0 Å². The topological polar surface area (TPSA) is 183 Å². The summed E-state index contributed by atoms with van der Waals surface area (Å²) in [7, 11) is 2.53. The Morgan fingerprint density at radius 3 is 2.35 bits per heavy atom. The summed E-state index contributed by atoms with van der Waals surface area (Å²) in [6.45, 7) is 9.02. The molecule has 14 heteroatoms. The molecule has 1 aliphatic rings. The molecule has 5 N–H and O–H groups in total. The third kappa shape index (κ3) is 11.6. The lowest BCUT2D eigenvalue weighted by Gasteiger charge is -2.30. The molecule has 2 atom stereocenters. The zero-order valence-electron chi connectivity index (χ0n) is 32.0. The number of H-pyrrole nitrogens is 2. The molecule has 5 rings (SSSR count). The number of aromatic nitrogens is 4. The lowest BCUT2D eigenvalue weighted by atomic mass is 10.0. The van der Waals surface area contributed by atoms with Crippen LogP contribution in [0.3, 0.4) is 0 Å². The van der Waals surface area contributed by atoms with Crippen LogP contribution >= 0.6 is 0 Å². The average molecular weight is 741 g/mol. The summed E-state index contributed by atoms with van der Waals surface area (Å²) in [6.07, 6.45) is 5.73. The van der Waals surface area contributed by atoms with Gasteiger partial charge in [0.25, 0.3) is 0 Å². The van der Waals surface area contributed by atoms with E-state index < -0.39 is 18.2 Å². The number of ether oxygens (including phenoxy) is 2. The fourth-order valence-electron chi connectivity index (χ4n) is 5.91. The van der Waals surface area contributed by atoms with Crippen molar-refractivity contribution in [2.45, 2.75) is 78.3 Å². The molecule has 0 bridgehead atoms.